The molecule has 0 aromatic heterocycles. The largest absolute Gasteiger partial charge is 0.371 e. The minimum absolute atomic E-state index is 0.857. The van der Waals surface area contributed by atoms with Crippen LogP contribution in [0.2, 0.25) is 5.02 Å². The molecule has 1 aromatic rings. The highest BCUT2D eigenvalue weighted by atomic mass is 35.5. The molecule has 1 atom stereocenters. The predicted molar refractivity (Wildman–Crippen MR) is 84.1 cm³/mol. The molecule has 2 nitrogen and oxygen atoms in total. The first-order chi connectivity index (χ1) is 9.26. The summed E-state index contributed by atoms with van der Waals surface area (Å²) >= 11 is 6.37. The number of halogens is 1. The molecule has 3 heteroatoms. The third-order valence-corrected chi connectivity index (χ3v) is 4.32. The van der Waals surface area contributed by atoms with E-state index in [4.69, 9.17) is 11.6 Å². The lowest BCUT2D eigenvalue weighted by Crippen LogP contribution is -2.23. The Morgan fingerprint density at radius 1 is 1.37 bits per heavy atom. The Hall–Kier alpha value is -0.730. The zero-order valence-electron chi connectivity index (χ0n) is 12.1. The van der Waals surface area contributed by atoms with Gasteiger partial charge < -0.3 is 10.2 Å². The van der Waals surface area contributed by atoms with Crippen LogP contribution in [0.4, 0.5) is 5.69 Å². The lowest BCUT2D eigenvalue weighted by molar-refractivity contribution is 0.529. The lowest BCUT2D eigenvalue weighted by atomic mass is 10.0. The minimum Gasteiger partial charge on any atom is -0.371 e. The van der Waals surface area contributed by atoms with Gasteiger partial charge in [0.05, 0.1) is 0 Å². The van der Waals surface area contributed by atoms with Gasteiger partial charge >= 0.3 is 0 Å². The average Bonchev–Trinajstić information content (AvgIpc) is 2.86. The van der Waals surface area contributed by atoms with Gasteiger partial charge in [0.15, 0.2) is 0 Å². The summed E-state index contributed by atoms with van der Waals surface area (Å²) in [4.78, 5) is 2.51. The summed E-state index contributed by atoms with van der Waals surface area (Å²) < 4.78 is 0. The van der Waals surface area contributed by atoms with Crippen molar-refractivity contribution in [1.29, 1.82) is 0 Å². The van der Waals surface area contributed by atoms with Gasteiger partial charge in [-0.2, -0.15) is 0 Å². The van der Waals surface area contributed by atoms with E-state index >= 15 is 0 Å². The molecule has 0 saturated carbocycles. The van der Waals surface area contributed by atoms with E-state index in [1.165, 1.54) is 43.6 Å². The van der Waals surface area contributed by atoms with Crippen LogP contribution in [0, 0.1) is 5.92 Å². The predicted octanol–water partition coefficient (Wildman–Crippen LogP) is 4.08. The summed E-state index contributed by atoms with van der Waals surface area (Å²) in [5.74, 6) is 0.857. The zero-order chi connectivity index (χ0) is 13.7. The first-order valence-corrected chi connectivity index (χ1v) is 7.87. The molecule has 1 aromatic carbocycles. The standard InChI is InChI=1S/C16H25ClN2/c1-3-6-13-9-10-19(12-13)16-8-5-7-15(17)14(16)11-18-4-2/h5,7-8,13,18H,3-4,6,9-12H2,1-2H3. The van der Waals surface area contributed by atoms with Crippen LogP contribution in [-0.2, 0) is 6.54 Å². The Morgan fingerprint density at radius 2 is 2.21 bits per heavy atom. The summed E-state index contributed by atoms with van der Waals surface area (Å²) in [6, 6.07) is 6.28. The van der Waals surface area contributed by atoms with Crippen LogP contribution >= 0.6 is 11.6 Å². The lowest BCUT2D eigenvalue weighted by Gasteiger charge is -2.23. The van der Waals surface area contributed by atoms with Crippen molar-refractivity contribution in [3.05, 3.63) is 28.8 Å². The molecule has 1 aliphatic rings. The van der Waals surface area contributed by atoms with Crippen molar-refractivity contribution in [3.63, 3.8) is 0 Å². The number of hydrogen-bond acceptors (Lipinski definition) is 2. The molecule has 1 heterocycles. The van der Waals surface area contributed by atoms with Gasteiger partial charge in [0.25, 0.3) is 0 Å². The smallest absolute Gasteiger partial charge is 0.0471 e. The topological polar surface area (TPSA) is 15.3 Å². The van der Waals surface area contributed by atoms with E-state index in [1.807, 2.05) is 6.07 Å². The quantitative estimate of drug-likeness (QED) is 0.845. The molecule has 106 valence electrons. The minimum atomic E-state index is 0.857. The van der Waals surface area contributed by atoms with Crippen LogP contribution in [-0.4, -0.2) is 19.6 Å². The van der Waals surface area contributed by atoms with E-state index in [2.05, 4.69) is 36.2 Å². The van der Waals surface area contributed by atoms with Crippen LogP contribution in [0.15, 0.2) is 18.2 Å². The number of rotatable bonds is 6. The Kier molecular flexibility index (Phi) is 5.53. The van der Waals surface area contributed by atoms with Gasteiger partial charge in [0, 0.05) is 35.9 Å². The molecule has 0 radical (unpaired) electrons. The molecular formula is C16H25ClN2. The third-order valence-electron chi connectivity index (χ3n) is 3.97. The van der Waals surface area contributed by atoms with Crippen molar-refractivity contribution in [2.24, 2.45) is 5.92 Å². The van der Waals surface area contributed by atoms with Gasteiger partial charge in [-0.15, -0.1) is 0 Å². The van der Waals surface area contributed by atoms with Gasteiger partial charge in [0.2, 0.25) is 0 Å². The van der Waals surface area contributed by atoms with Crippen LogP contribution in [0.1, 0.15) is 38.7 Å². The monoisotopic (exact) mass is 280 g/mol. The number of hydrogen-bond donors (Lipinski definition) is 1. The van der Waals surface area contributed by atoms with Crippen LogP contribution in [0.5, 0.6) is 0 Å². The van der Waals surface area contributed by atoms with Gasteiger partial charge in [-0.25, -0.2) is 0 Å². The second kappa shape index (κ2) is 7.16. The summed E-state index contributed by atoms with van der Waals surface area (Å²) in [6.45, 7) is 8.60. The molecule has 19 heavy (non-hydrogen) atoms. The first-order valence-electron chi connectivity index (χ1n) is 7.49. The van der Waals surface area contributed by atoms with Gasteiger partial charge in [-0.1, -0.05) is 37.9 Å². The van der Waals surface area contributed by atoms with Crippen molar-refractivity contribution in [2.75, 3.05) is 24.5 Å². The van der Waals surface area contributed by atoms with Crippen LogP contribution < -0.4 is 10.2 Å². The van der Waals surface area contributed by atoms with Gasteiger partial charge in [0.1, 0.15) is 0 Å². The molecule has 0 spiro atoms. The zero-order valence-corrected chi connectivity index (χ0v) is 12.8. The second-order valence-corrected chi connectivity index (χ2v) is 5.81. The maximum absolute atomic E-state index is 6.37. The van der Waals surface area contributed by atoms with E-state index in [-0.39, 0.29) is 0 Å². The Bertz CT molecular complexity index is 406. The van der Waals surface area contributed by atoms with Crippen molar-refractivity contribution in [3.8, 4) is 0 Å². The maximum Gasteiger partial charge on any atom is 0.0471 e. The molecule has 1 unspecified atom stereocenters. The molecule has 1 aliphatic heterocycles. The molecule has 2 rings (SSSR count). The molecular weight excluding hydrogens is 256 g/mol. The fourth-order valence-electron chi connectivity index (χ4n) is 2.96. The van der Waals surface area contributed by atoms with Crippen LogP contribution in [0.25, 0.3) is 0 Å². The van der Waals surface area contributed by atoms with Gasteiger partial charge in [-0.3, -0.25) is 0 Å². The van der Waals surface area contributed by atoms with Crippen molar-refractivity contribution in [1.82, 2.24) is 5.32 Å². The van der Waals surface area contributed by atoms with Gasteiger partial charge in [-0.05, 0) is 37.4 Å². The molecule has 1 saturated heterocycles. The van der Waals surface area contributed by atoms with E-state index in [0.717, 1.165) is 24.0 Å². The highest BCUT2D eigenvalue weighted by molar-refractivity contribution is 6.31. The fraction of sp³-hybridized carbons (Fsp3) is 0.625. The van der Waals surface area contributed by atoms with E-state index in [9.17, 15) is 0 Å². The summed E-state index contributed by atoms with van der Waals surface area (Å²) in [5.41, 5.74) is 2.58. The van der Waals surface area contributed by atoms with E-state index in [0.29, 0.717) is 0 Å². The van der Waals surface area contributed by atoms with E-state index in [1.54, 1.807) is 0 Å². The third kappa shape index (κ3) is 3.64. The molecule has 0 bridgehead atoms. The Labute approximate surface area is 122 Å². The summed E-state index contributed by atoms with van der Waals surface area (Å²) in [6.07, 6.45) is 3.96. The molecule has 0 amide bonds. The van der Waals surface area contributed by atoms with Crippen molar-refractivity contribution in [2.45, 2.75) is 39.7 Å². The fourth-order valence-corrected chi connectivity index (χ4v) is 3.20. The average molecular weight is 281 g/mol. The SMILES string of the molecule is CCCC1CCN(c2cccc(Cl)c2CNCC)C1. The van der Waals surface area contributed by atoms with E-state index < -0.39 is 0 Å². The normalized spacial score (nSPS) is 19.1. The first kappa shape index (κ1) is 14.7. The number of nitrogens with zero attached hydrogens (tertiary/aromatic N) is 1. The molecule has 0 aliphatic carbocycles. The summed E-state index contributed by atoms with van der Waals surface area (Å²) in [7, 11) is 0. The van der Waals surface area contributed by atoms with Crippen molar-refractivity contribution < 1.29 is 0 Å². The Morgan fingerprint density at radius 3 is 2.95 bits per heavy atom. The summed E-state index contributed by atoms with van der Waals surface area (Å²) in [5, 5.41) is 4.28. The highest BCUT2D eigenvalue weighted by Gasteiger charge is 2.23. The maximum atomic E-state index is 6.37. The number of anilines is 1. The molecule has 1 N–H and O–H groups in total. The number of benzene rings is 1. The highest BCUT2D eigenvalue weighted by Crippen LogP contribution is 2.32. The Balaban J connectivity index is 2.13. The van der Waals surface area contributed by atoms with Crippen LogP contribution in [0.3, 0.4) is 0 Å². The molecule has 1 fully saturated rings. The van der Waals surface area contributed by atoms with Crippen molar-refractivity contribution >= 4 is 17.3 Å². The number of nitrogens with one attached hydrogen (secondary N) is 1. The second-order valence-electron chi connectivity index (χ2n) is 5.41.